The summed E-state index contributed by atoms with van der Waals surface area (Å²) in [5.41, 5.74) is 0.451. The molecule has 2 unspecified atom stereocenters. The lowest BCUT2D eigenvalue weighted by molar-refractivity contribution is -0.0142. The molecule has 3 heteroatoms. The second-order valence-corrected chi connectivity index (χ2v) is 8.01. The highest BCUT2D eigenvalue weighted by molar-refractivity contribution is 4.92. The van der Waals surface area contributed by atoms with Crippen molar-refractivity contribution in [1.29, 1.82) is 0 Å². The average Bonchev–Trinajstić information content (AvgIpc) is 3.31. The molecule has 122 valence electrons. The van der Waals surface area contributed by atoms with Gasteiger partial charge in [-0.1, -0.05) is 19.8 Å². The van der Waals surface area contributed by atoms with Crippen molar-refractivity contribution in [3.63, 3.8) is 0 Å². The lowest BCUT2D eigenvalue weighted by Crippen LogP contribution is -2.50. The topological polar surface area (TPSA) is 24.5 Å². The second kappa shape index (κ2) is 6.97. The van der Waals surface area contributed by atoms with E-state index >= 15 is 0 Å². The van der Waals surface area contributed by atoms with Crippen molar-refractivity contribution in [2.24, 2.45) is 11.3 Å². The van der Waals surface area contributed by atoms with Crippen LogP contribution in [0.15, 0.2) is 0 Å². The molecule has 0 aromatic heterocycles. The Balaban J connectivity index is 1.58. The summed E-state index contributed by atoms with van der Waals surface area (Å²) in [5.74, 6) is 0.872. The minimum Gasteiger partial charge on any atom is -0.381 e. The van der Waals surface area contributed by atoms with Gasteiger partial charge in [0.1, 0.15) is 0 Å². The van der Waals surface area contributed by atoms with Gasteiger partial charge in [-0.05, 0) is 56.9 Å². The van der Waals surface area contributed by atoms with E-state index in [1.54, 1.807) is 0 Å². The van der Waals surface area contributed by atoms with E-state index in [0.717, 1.165) is 31.2 Å². The van der Waals surface area contributed by atoms with E-state index in [9.17, 15) is 0 Å². The molecule has 21 heavy (non-hydrogen) atoms. The van der Waals surface area contributed by atoms with E-state index in [2.05, 4.69) is 24.2 Å². The Kier molecular flexibility index (Phi) is 5.23. The van der Waals surface area contributed by atoms with Crippen LogP contribution in [0.3, 0.4) is 0 Å². The summed E-state index contributed by atoms with van der Waals surface area (Å²) in [6, 6.07) is 1.63. The van der Waals surface area contributed by atoms with Crippen LogP contribution in [-0.4, -0.2) is 50.3 Å². The Morgan fingerprint density at radius 3 is 2.48 bits per heavy atom. The van der Waals surface area contributed by atoms with Gasteiger partial charge in [0.15, 0.2) is 0 Å². The zero-order valence-electron chi connectivity index (χ0n) is 14.1. The summed E-state index contributed by atoms with van der Waals surface area (Å²) >= 11 is 0. The second-order valence-electron chi connectivity index (χ2n) is 8.01. The first-order chi connectivity index (χ1) is 10.2. The summed E-state index contributed by atoms with van der Waals surface area (Å²) in [5, 5.41) is 3.80. The number of nitrogens with zero attached hydrogens (tertiary/aromatic N) is 1. The van der Waals surface area contributed by atoms with Gasteiger partial charge in [-0.15, -0.1) is 0 Å². The van der Waals surface area contributed by atoms with E-state index in [-0.39, 0.29) is 0 Å². The Hall–Kier alpha value is -0.120. The molecular weight excluding hydrogens is 260 g/mol. The minimum atomic E-state index is 0.451. The smallest absolute Gasteiger partial charge is 0.0472 e. The Morgan fingerprint density at radius 1 is 1.10 bits per heavy atom. The maximum Gasteiger partial charge on any atom is 0.0472 e. The van der Waals surface area contributed by atoms with Gasteiger partial charge >= 0.3 is 0 Å². The molecule has 2 saturated carbocycles. The van der Waals surface area contributed by atoms with E-state index in [0.29, 0.717) is 5.41 Å². The van der Waals surface area contributed by atoms with Crippen molar-refractivity contribution in [3.05, 3.63) is 0 Å². The fraction of sp³-hybridized carbons (Fsp3) is 1.00. The predicted molar refractivity (Wildman–Crippen MR) is 87.6 cm³/mol. The first-order valence-electron chi connectivity index (χ1n) is 9.20. The molecule has 0 aromatic carbocycles. The highest BCUT2D eigenvalue weighted by atomic mass is 16.5. The lowest BCUT2D eigenvalue weighted by Gasteiger charge is -2.45. The van der Waals surface area contributed by atoms with Crippen LogP contribution in [0.1, 0.15) is 58.3 Å². The minimum absolute atomic E-state index is 0.451. The highest BCUT2D eigenvalue weighted by Crippen LogP contribution is 2.35. The molecule has 3 aliphatic rings. The molecule has 0 bridgehead atoms. The molecule has 0 radical (unpaired) electrons. The molecule has 1 N–H and O–H groups in total. The fourth-order valence-corrected chi connectivity index (χ4v) is 4.44. The third-order valence-electron chi connectivity index (χ3n) is 6.11. The van der Waals surface area contributed by atoms with Gasteiger partial charge in [0.2, 0.25) is 0 Å². The molecule has 1 heterocycles. The zero-order valence-corrected chi connectivity index (χ0v) is 14.1. The maximum atomic E-state index is 5.65. The third-order valence-corrected chi connectivity index (χ3v) is 6.11. The zero-order chi connectivity index (χ0) is 14.7. The van der Waals surface area contributed by atoms with Crippen LogP contribution in [0.2, 0.25) is 0 Å². The first kappa shape index (κ1) is 15.8. The van der Waals surface area contributed by atoms with Crippen molar-refractivity contribution in [2.75, 3.05) is 33.4 Å². The van der Waals surface area contributed by atoms with Gasteiger partial charge in [-0.2, -0.15) is 0 Å². The van der Waals surface area contributed by atoms with Crippen LogP contribution in [0.5, 0.6) is 0 Å². The molecule has 3 nitrogen and oxygen atoms in total. The fourth-order valence-electron chi connectivity index (χ4n) is 4.44. The van der Waals surface area contributed by atoms with Crippen LogP contribution >= 0.6 is 0 Å². The molecule has 2 atom stereocenters. The molecule has 1 aliphatic heterocycles. The van der Waals surface area contributed by atoms with Crippen LogP contribution < -0.4 is 5.32 Å². The largest absolute Gasteiger partial charge is 0.381 e. The van der Waals surface area contributed by atoms with E-state index in [4.69, 9.17) is 4.74 Å². The third kappa shape index (κ3) is 4.20. The molecule has 1 saturated heterocycles. The molecule has 2 aliphatic carbocycles. The lowest BCUT2D eigenvalue weighted by atomic mass is 9.77. The van der Waals surface area contributed by atoms with Crippen LogP contribution in [0, 0.1) is 11.3 Å². The van der Waals surface area contributed by atoms with E-state index < -0.39 is 0 Å². The van der Waals surface area contributed by atoms with Gasteiger partial charge in [-0.25, -0.2) is 0 Å². The van der Waals surface area contributed by atoms with Crippen LogP contribution in [0.4, 0.5) is 0 Å². The first-order valence-corrected chi connectivity index (χ1v) is 9.20. The van der Waals surface area contributed by atoms with Crippen LogP contribution in [-0.2, 0) is 4.74 Å². The standard InChI is InChI=1S/C18H34N2O/c1-15-5-3-4-6-17(15)20(2)14-18(9-11-21-12-10-18)13-19-16-7-8-16/h15-17,19H,3-14H2,1-2H3. The highest BCUT2D eigenvalue weighted by Gasteiger charge is 2.37. The Bertz CT molecular complexity index is 323. The van der Waals surface area contributed by atoms with Gasteiger partial charge in [-0.3, -0.25) is 0 Å². The molecule has 3 rings (SSSR count). The normalized spacial score (nSPS) is 33.3. The maximum absolute atomic E-state index is 5.65. The molecule has 0 amide bonds. The number of ether oxygens (including phenoxy) is 1. The summed E-state index contributed by atoms with van der Waals surface area (Å²) in [7, 11) is 2.38. The molecule has 3 fully saturated rings. The van der Waals surface area contributed by atoms with Crippen molar-refractivity contribution in [2.45, 2.75) is 70.4 Å². The number of nitrogens with one attached hydrogen (secondary N) is 1. The predicted octanol–water partition coefficient (Wildman–Crippen LogP) is 3.05. The summed E-state index contributed by atoms with van der Waals surface area (Å²) in [6.07, 6.45) is 10.9. The van der Waals surface area contributed by atoms with Gasteiger partial charge < -0.3 is 15.0 Å². The van der Waals surface area contributed by atoms with E-state index in [1.165, 1.54) is 64.5 Å². The Labute approximate surface area is 130 Å². The summed E-state index contributed by atoms with van der Waals surface area (Å²) < 4.78 is 5.65. The van der Waals surface area contributed by atoms with Gasteiger partial charge in [0.05, 0.1) is 0 Å². The average molecular weight is 294 g/mol. The quantitative estimate of drug-likeness (QED) is 0.815. The SMILES string of the molecule is CC1CCCCC1N(C)CC1(CNC2CC2)CCOCC1. The van der Waals surface area contributed by atoms with Crippen molar-refractivity contribution in [3.8, 4) is 0 Å². The van der Waals surface area contributed by atoms with Gasteiger partial charge in [0.25, 0.3) is 0 Å². The number of hydrogen-bond donors (Lipinski definition) is 1. The van der Waals surface area contributed by atoms with Crippen molar-refractivity contribution >= 4 is 0 Å². The summed E-state index contributed by atoms with van der Waals surface area (Å²) in [4.78, 5) is 2.70. The van der Waals surface area contributed by atoms with Gasteiger partial charge in [0, 0.05) is 38.4 Å². The van der Waals surface area contributed by atoms with Crippen LogP contribution in [0.25, 0.3) is 0 Å². The molecule has 0 aromatic rings. The number of rotatable bonds is 6. The summed E-state index contributed by atoms with van der Waals surface area (Å²) in [6.45, 7) is 6.83. The monoisotopic (exact) mass is 294 g/mol. The molecule has 0 spiro atoms. The Morgan fingerprint density at radius 2 is 1.81 bits per heavy atom. The van der Waals surface area contributed by atoms with E-state index in [1.807, 2.05) is 0 Å². The van der Waals surface area contributed by atoms with Crippen molar-refractivity contribution in [1.82, 2.24) is 10.2 Å². The molecular formula is C18H34N2O. The number of hydrogen-bond acceptors (Lipinski definition) is 3. The van der Waals surface area contributed by atoms with Crippen molar-refractivity contribution < 1.29 is 4.74 Å².